The summed E-state index contributed by atoms with van der Waals surface area (Å²) < 4.78 is 5.46. The Morgan fingerprint density at radius 2 is 1.60 bits per heavy atom. The van der Waals surface area contributed by atoms with Crippen molar-refractivity contribution in [1.82, 2.24) is 10.6 Å². The van der Waals surface area contributed by atoms with Gasteiger partial charge in [-0.05, 0) is 47.4 Å². The van der Waals surface area contributed by atoms with Crippen LogP contribution < -0.4 is 10.6 Å². The molecule has 1 fully saturated rings. The van der Waals surface area contributed by atoms with Gasteiger partial charge in [-0.25, -0.2) is 4.79 Å². The second-order valence-corrected chi connectivity index (χ2v) is 9.17. The fourth-order valence-corrected chi connectivity index (χ4v) is 5.17. The maximum atomic E-state index is 12.4. The van der Waals surface area contributed by atoms with Gasteiger partial charge in [0.05, 0.1) is 6.54 Å². The number of alkyl carbamates (subject to hydrolysis) is 1. The van der Waals surface area contributed by atoms with Crippen LogP contribution in [0.5, 0.6) is 0 Å². The van der Waals surface area contributed by atoms with Gasteiger partial charge in [0.25, 0.3) is 5.91 Å². The summed E-state index contributed by atoms with van der Waals surface area (Å²) in [5.74, 6) is 3.81. The lowest BCUT2D eigenvalue weighted by Crippen LogP contribution is -2.49. The minimum absolute atomic E-state index is 0.0110. The molecule has 1 saturated carbocycles. The first-order valence-corrected chi connectivity index (χ1v) is 12.1. The Bertz CT molecular complexity index is 1110. The fraction of sp³-hybridized carbons (Fsp3) is 0.393. The number of carboxylic acid groups (broad SMARTS) is 1. The van der Waals surface area contributed by atoms with Gasteiger partial charge in [0, 0.05) is 17.9 Å². The minimum atomic E-state index is -0.873. The molecule has 0 bridgehead atoms. The number of carboxylic acids is 1. The van der Waals surface area contributed by atoms with Crippen molar-refractivity contribution in [3.63, 3.8) is 0 Å². The van der Waals surface area contributed by atoms with E-state index in [0.29, 0.717) is 6.42 Å². The van der Waals surface area contributed by atoms with Crippen molar-refractivity contribution in [2.45, 2.75) is 56.4 Å². The van der Waals surface area contributed by atoms with E-state index in [1.807, 2.05) is 24.3 Å². The van der Waals surface area contributed by atoms with Crippen LogP contribution in [0.25, 0.3) is 11.1 Å². The van der Waals surface area contributed by atoms with Gasteiger partial charge in [-0.1, -0.05) is 73.7 Å². The second-order valence-electron chi connectivity index (χ2n) is 9.17. The number of carbonyl (C=O) groups is 3. The summed E-state index contributed by atoms with van der Waals surface area (Å²) in [5.41, 5.74) is 4.08. The van der Waals surface area contributed by atoms with Crippen molar-refractivity contribution in [3.8, 4) is 23.0 Å². The van der Waals surface area contributed by atoms with Crippen LogP contribution in [-0.2, 0) is 14.3 Å². The fourth-order valence-electron chi connectivity index (χ4n) is 5.17. The van der Waals surface area contributed by atoms with Gasteiger partial charge in [-0.2, -0.15) is 0 Å². The number of carbonyl (C=O) groups excluding carboxylic acids is 2. The first-order valence-electron chi connectivity index (χ1n) is 12.1. The minimum Gasteiger partial charge on any atom is -0.481 e. The molecule has 2 aromatic carbocycles. The van der Waals surface area contributed by atoms with E-state index in [2.05, 4.69) is 46.7 Å². The average molecular weight is 475 g/mol. The molecule has 4 rings (SSSR count). The van der Waals surface area contributed by atoms with Gasteiger partial charge in [-0.3, -0.25) is 9.59 Å². The number of hydrogen-bond acceptors (Lipinski definition) is 4. The van der Waals surface area contributed by atoms with Crippen LogP contribution in [0.2, 0.25) is 0 Å². The molecule has 2 aromatic rings. The molecule has 3 N–H and O–H groups in total. The monoisotopic (exact) mass is 474 g/mol. The Labute approximate surface area is 205 Å². The predicted octanol–water partition coefficient (Wildman–Crippen LogP) is 4.21. The topological polar surface area (TPSA) is 105 Å². The second kappa shape index (κ2) is 11.1. The average Bonchev–Trinajstić information content (AvgIpc) is 3.18. The highest BCUT2D eigenvalue weighted by molar-refractivity contribution is 5.94. The molecule has 2 amide bonds. The lowest BCUT2D eigenvalue weighted by molar-refractivity contribution is -0.138. The van der Waals surface area contributed by atoms with Crippen molar-refractivity contribution >= 4 is 18.0 Å². The largest absolute Gasteiger partial charge is 0.481 e. The molecule has 2 aliphatic rings. The SMILES string of the molecule is O=C(O)CCC1(NC(=O)C#CCNC(=O)OCC2c3ccccc3-c3ccccc32)CCCCC1. The molecule has 2 aliphatic carbocycles. The van der Waals surface area contributed by atoms with Crippen LogP contribution in [0.1, 0.15) is 62.0 Å². The number of rotatable bonds is 7. The number of nitrogens with one attached hydrogen (secondary N) is 2. The van der Waals surface area contributed by atoms with Crippen molar-refractivity contribution in [2.75, 3.05) is 13.2 Å². The van der Waals surface area contributed by atoms with Gasteiger partial charge < -0.3 is 20.5 Å². The van der Waals surface area contributed by atoms with E-state index in [1.165, 1.54) is 0 Å². The molecule has 182 valence electrons. The van der Waals surface area contributed by atoms with Crippen LogP contribution in [-0.4, -0.2) is 41.8 Å². The maximum absolute atomic E-state index is 12.4. The Hall–Kier alpha value is -3.79. The van der Waals surface area contributed by atoms with E-state index >= 15 is 0 Å². The van der Waals surface area contributed by atoms with E-state index < -0.39 is 23.5 Å². The van der Waals surface area contributed by atoms with Crippen LogP contribution in [0.4, 0.5) is 4.79 Å². The first kappa shape index (κ1) is 24.3. The number of amides is 2. The molecule has 7 heteroatoms. The third-order valence-corrected chi connectivity index (χ3v) is 6.87. The summed E-state index contributed by atoms with van der Waals surface area (Å²) in [6.45, 7) is 0.187. The van der Waals surface area contributed by atoms with Crippen molar-refractivity contribution in [2.24, 2.45) is 0 Å². The first-order chi connectivity index (χ1) is 17.0. The lowest BCUT2D eigenvalue weighted by atomic mass is 9.78. The highest BCUT2D eigenvalue weighted by Crippen LogP contribution is 2.44. The van der Waals surface area contributed by atoms with E-state index in [1.54, 1.807) is 0 Å². The third-order valence-electron chi connectivity index (χ3n) is 6.87. The number of ether oxygens (including phenoxy) is 1. The highest BCUT2D eigenvalue weighted by Gasteiger charge is 2.33. The zero-order valence-corrected chi connectivity index (χ0v) is 19.6. The summed E-state index contributed by atoms with van der Waals surface area (Å²) >= 11 is 0. The third kappa shape index (κ3) is 6.02. The molecule has 0 aromatic heterocycles. The van der Waals surface area contributed by atoms with E-state index in [4.69, 9.17) is 9.84 Å². The molecule has 0 heterocycles. The van der Waals surface area contributed by atoms with Crippen LogP contribution >= 0.6 is 0 Å². The van der Waals surface area contributed by atoms with Crippen molar-refractivity contribution in [3.05, 3.63) is 59.7 Å². The summed E-state index contributed by atoms with van der Waals surface area (Å²) in [7, 11) is 0. The van der Waals surface area contributed by atoms with Crippen LogP contribution in [0.15, 0.2) is 48.5 Å². The zero-order chi connectivity index (χ0) is 24.7. The number of fused-ring (bicyclic) bond motifs is 3. The molecule has 7 nitrogen and oxygen atoms in total. The number of hydrogen-bond donors (Lipinski definition) is 3. The highest BCUT2D eigenvalue weighted by atomic mass is 16.5. The Morgan fingerprint density at radius 3 is 2.23 bits per heavy atom. The maximum Gasteiger partial charge on any atom is 0.407 e. The molecule has 0 unspecified atom stereocenters. The molecule has 0 saturated heterocycles. The van der Waals surface area contributed by atoms with Crippen molar-refractivity contribution < 1.29 is 24.2 Å². The molecule has 0 aliphatic heterocycles. The Morgan fingerprint density at radius 1 is 0.971 bits per heavy atom. The van der Waals surface area contributed by atoms with Crippen molar-refractivity contribution in [1.29, 1.82) is 0 Å². The van der Waals surface area contributed by atoms with E-state index in [9.17, 15) is 14.4 Å². The molecular weight excluding hydrogens is 444 g/mol. The Balaban J connectivity index is 1.26. The Kier molecular flexibility index (Phi) is 7.71. The number of aliphatic carboxylic acids is 1. The summed E-state index contributed by atoms with van der Waals surface area (Å²) in [4.78, 5) is 35.6. The summed E-state index contributed by atoms with van der Waals surface area (Å²) in [6, 6.07) is 16.2. The van der Waals surface area contributed by atoms with Gasteiger partial charge in [0.1, 0.15) is 6.61 Å². The van der Waals surface area contributed by atoms with Crippen LogP contribution in [0.3, 0.4) is 0 Å². The number of benzene rings is 2. The smallest absolute Gasteiger partial charge is 0.407 e. The summed E-state index contributed by atoms with van der Waals surface area (Å²) in [6.07, 6.45) is 4.32. The van der Waals surface area contributed by atoms with Gasteiger partial charge in [0.15, 0.2) is 0 Å². The molecule has 35 heavy (non-hydrogen) atoms. The summed E-state index contributed by atoms with van der Waals surface area (Å²) in [5, 5.41) is 14.5. The van der Waals surface area contributed by atoms with Gasteiger partial charge in [-0.15, -0.1) is 0 Å². The lowest BCUT2D eigenvalue weighted by Gasteiger charge is -2.37. The standard InChI is InChI=1S/C28H30N2O5/c31-25(30-28(17-14-26(32)33)15-6-1-7-16-28)13-8-18-29-27(34)35-19-24-22-11-4-2-9-20(22)21-10-3-5-12-23(21)24/h2-5,9-12,24H,1,6-7,14-19H2,(H,29,34)(H,30,31)(H,32,33). The van der Waals surface area contributed by atoms with E-state index in [0.717, 1.165) is 54.4 Å². The molecular formula is C28H30N2O5. The predicted molar refractivity (Wildman–Crippen MR) is 132 cm³/mol. The van der Waals surface area contributed by atoms with E-state index in [-0.39, 0.29) is 25.5 Å². The van der Waals surface area contributed by atoms with Gasteiger partial charge >= 0.3 is 12.1 Å². The zero-order valence-electron chi connectivity index (χ0n) is 19.6. The molecule has 0 radical (unpaired) electrons. The normalized spacial score (nSPS) is 15.7. The molecule has 0 atom stereocenters. The quantitative estimate of drug-likeness (QED) is 0.522. The molecule has 0 spiro atoms. The van der Waals surface area contributed by atoms with Gasteiger partial charge in [0.2, 0.25) is 0 Å². The van der Waals surface area contributed by atoms with Crippen LogP contribution in [0, 0.1) is 11.8 Å².